The minimum Gasteiger partial charge on any atom is -0.492 e. The first kappa shape index (κ1) is 22.1. The number of carbonyl (C=O) groups is 2. The number of Topliss-reactive ketones (excluding diaryl/α,β-unsaturated/α-hetero) is 1. The summed E-state index contributed by atoms with van der Waals surface area (Å²) in [5.41, 5.74) is 4.50. The standard InChI is InChI=1S/C25H24BrNO5/c1-5-31-18-12-14(11-17(26)24(18)30-4)20-19(25(29)32-6-2)13(3)27-22-15-9-7-8-10-16(15)23(28)21(20)22/h7-12,20,27H,5-6H2,1-4H3/t20-/m0/s1. The van der Waals surface area contributed by atoms with E-state index in [4.69, 9.17) is 14.2 Å². The summed E-state index contributed by atoms with van der Waals surface area (Å²) in [4.78, 5) is 26.6. The van der Waals surface area contributed by atoms with Gasteiger partial charge in [-0.1, -0.05) is 24.3 Å². The van der Waals surface area contributed by atoms with Crippen LogP contribution in [0.1, 0.15) is 48.2 Å². The molecule has 1 aliphatic heterocycles. The van der Waals surface area contributed by atoms with Gasteiger partial charge in [-0.2, -0.15) is 0 Å². The maximum atomic E-state index is 13.5. The lowest BCUT2D eigenvalue weighted by atomic mass is 9.79. The Balaban J connectivity index is 1.96. The number of ketones is 1. The molecule has 7 heteroatoms. The van der Waals surface area contributed by atoms with E-state index in [1.807, 2.05) is 50.2 Å². The van der Waals surface area contributed by atoms with Gasteiger partial charge in [0.25, 0.3) is 0 Å². The molecule has 1 N–H and O–H groups in total. The first-order chi connectivity index (χ1) is 15.4. The quantitative estimate of drug-likeness (QED) is 0.566. The van der Waals surface area contributed by atoms with Crippen molar-refractivity contribution in [2.45, 2.75) is 26.7 Å². The molecule has 2 aliphatic rings. The van der Waals surface area contributed by atoms with Crippen LogP contribution in [0.15, 0.2) is 57.7 Å². The second kappa shape index (κ2) is 8.82. The van der Waals surface area contributed by atoms with Crippen molar-refractivity contribution in [3.05, 3.63) is 74.4 Å². The molecule has 0 bridgehead atoms. The van der Waals surface area contributed by atoms with Crippen LogP contribution in [-0.2, 0) is 9.53 Å². The van der Waals surface area contributed by atoms with Crippen LogP contribution in [0.5, 0.6) is 11.5 Å². The number of hydrogen-bond acceptors (Lipinski definition) is 6. The van der Waals surface area contributed by atoms with Crippen molar-refractivity contribution in [2.75, 3.05) is 20.3 Å². The Bertz CT molecular complexity index is 1180. The normalized spacial score (nSPS) is 17.0. The molecule has 0 spiro atoms. The number of hydrogen-bond donors (Lipinski definition) is 1. The highest BCUT2D eigenvalue weighted by Crippen LogP contribution is 2.49. The summed E-state index contributed by atoms with van der Waals surface area (Å²) in [5, 5.41) is 3.30. The van der Waals surface area contributed by atoms with Crippen LogP contribution in [0, 0.1) is 0 Å². The van der Waals surface area contributed by atoms with Gasteiger partial charge >= 0.3 is 5.97 Å². The average molecular weight is 498 g/mol. The van der Waals surface area contributed by atoms with E-state index in [0.29, 0.717) is 45.0 Å². The molecule has 2 aromatic rings. The number of esters is 1. The molecule has 0 aromatic heterocycles. The highest BCUT2D eigenvalue weighted by molar-refractivity contribution is 9.10. The Kier molecular flexibility index (Phi) is 6.11. The zero-order valence-electron chi connectivity index (χ0n) is 18.4. The van der Waals surface area contributed by atoms with Crippen molar-refractivity contribution in [2.24, 2.45) is 0 Å². The number of ether oxygens (including phenoxy) is 3. The van der Waals surface area contributed by atoms with E-state index in [-0.39, 0.29) is 12.4 Å². The monoisotopic (exact) mass is 497 g/mol. The Morgan fingerprint density at radius 3 is 2.50 bits per heavy atom. The van der Waals surface area contributed by atoms with Gasteiger partial charge in [0.1, 0.15) is 0 Å². The van der Waals surface area contributed by atoms with Crippen molar-refractivity contribution in [3.8, 4) is 11.5 Å². The van der Waals surface area contributed by atoms with Crippen molar-refractivity contribution >= 4 is 33.4 Å². The molecule has 1 aliphatic carbocycles. The summed E-state index contributed by atoms with van der Waals surface area (Å²) in [6, 6.07) is 11.2. The van der Waals surface area contributed by atoms with Crippen LogP contribution in [0.25, 0.3) is 5.70 Å². The summed E-state index contributed by atoms with van der Waals surface area (Å²) in [6.07, 6.45) is 0. The molecule has 1 heterocycles. The minimum atomic E-state index is -0.619. The number of halogens is 1. The fraction of sp³-hybridized carbons (Fsp3) is 0.280. The Hall–Kier alpha value is -3.06. The maximum absolute atomic E-state index is 13.5. The number of carbonyl (C=O) groups excluding carboxylic acids is 2. The lowest BCUT2D eigenvalue weighted by molar-refractivity contribution is -0.138. The number of allylic oxidation sites excluding steroid dienone is 2. The van der Waals surface area contributed by atoms with Crippen LogP contribution in [0.3, 0.4) is 0 Å². The van der Waals surface area contributed by atoms with Gasteiger partial charge in [0, 0.05) is 28.3 Å². The Morgan fingerprint density at radius 1 is 1.12 bits per heavy atom. The third-order valence-corrected chi connectivity index (χ3v) is 6.20. The smallest absolute Gasteiger partial charge is 0.336 e. The topological polar surface area (TPSA) is 73.9 Å². The zero-order valence-corrected chi connectivity index (χ0v) is 20.0. The second-order valence-corrected chi connectivity index (χ2v) is 8.30. The highest BCUT2D eigenvalue weighted by Gasteiger charge is 2.43. The molecular weight excluding hydrogens is 474 g/mol. The van der Waals surface area contributed by atoms with Gasteiger partial charge in [-0.05, 0) is 54.4 Å². The molecular formula is C25H24BrNO5. The highest BCUT2D eigenvalue weighted by atomic mass is 79.9. The predicted octanol–water partition coefficient (Wildman–Crippen LogP) is 4.99. The van der Waals surface area contributed by atoms with Gasteiger partial charge in [0.15, 0.2) is 17.3 Å². The fourth-order valence-corrected chi connectivity index (χ4v) is 4.98. The van der Waals surface area contributed by atoms with Gasteiger partial charge in [-0.3, -0.25) is 4.79 Å². The Labute approximate surface area is 195 Å². The van der Waals surface area contributed by atoms with E-state index in [9.17, 15) is 9.59 Å². The largest absolute Gasteiger partial charge is 0.492 e. The average Bonchev–Trinajstić information content (AvgIpc) is 3.05. The van der Waals surface area contributed by atoms with Gasteiger partial charge in [-0.15, -0.1) is 0 Å². The van der Waals surface area contributed by atoms with E-state index in [2.05, 4.69) is 21.2 Å². The zero-order chi connectivity index (χ0) is 23.0. The minimum absolute atomic E-state index is 0.104. The van der Waals surface area contributed by atoms with E-state index < -0.39 is 11.9 Å². The molecule has 0 radical (unpaired) electrons. The van der Waals surface area contributed by atoms with Gasteiger partial charge in [0.2, 0.25) is 0 Å². The van der Waals surface area contributed by atoms with Crippen LogP contribution in [0.2, 0.25) is 0 Å². The molecule has 6 nitrogen and oxygen atoms in total. The SMILES string of the molecule is CCOC(=O)C1=C(C)NC2=C(C(=O)c3ccccc32)[C@H]1c1cc(Br)c(OC)c(OCC)c1. The summed E-state index contributed by atoms with van der Waals surface area (Å²) >= 11 is 3.56. The number of methoxy groups -OCH3 is 1. The van der Waals surface area contributed by atoms with Crippen molar-refractivity contribution < 1.29 is 23.8 Å². The van der Waals surface area contributed by atoms with Crippen LogP contribution in [0.4, 0.5) is 0 Å². The second-order valence-electron chi connectivity index (χ2n) is 7.45. The summed E-state index contributed by atoms with van der Waals surface area (Å²) in [5.74, 6) is -0.0938. The predicted molar refractivity (Wildman–Crippen MR) is 125 cm³/mol. The maximum Gasteiger partial charge on any atom is 0.336 e. The number of dihydropyridines is 1. The van der Waals surface area contributed by atoms with Crippen LogP contribution < -0.4 is 14.8 Å². The third kappa shape index (κ3) is 3.50. The molecule has 0 saturated heterocycles. The first-order valence-electron chi connectivity index (χ1n) is 10.5. The van der Waals surface area contributed by atoms with Crippen molar-refractivity contribution in [3.63, 3.8) is 0 Å². The molecule has 32 heavy (non-hydrogen) atoms. The van der Waals surface area contributed by atoms with Gasteiger partial charge < -0.3 is 19.5 Å². The fourth-order valence-electron chi connectivity index (χ4n) is 4.36. The van der Waals surface area contributed by atoms with Crippen molar-refractivity contribution in [1.29, 1.82) is 0 Å². The molecule has 166 valence electrons. The summed E-state index contributed by atoms with van der Waals surface area (Å²) in [6.45, 7) is 6.15. The third-order valence-electron chi connectivity index (χ3n) is 5.61. The molecule has 2 aromatic carbocycles. The van der Waals surface area contributed by atoms with E-state index in [1.54, 1.807) is 14.0 Å². The van der Waals surface area contributed by atoms with Crippen LogP contribution >= 0.6 is 15.9 Å². The number of rotatable bonds is 6. The molecule has 1 atom stereocenters. The van der Waals surface area contributed by atoms with Gasteiger partial charge in [0.05, 0.1) is 36.1 Å². The molecule has 0 fully saturated rings. The Morgan fingerprint density at radius 2 is 1.84 bits per heavy atom. The van der Waals surface area contributed by atoms with Crippen molar-refractivity contribution in [1.82, 2.24) is 5.32 Å². The molecule has 0 saturated carbocycles. The summed E-state index contributed by atoms with van der Waals surface area (Å²) < 4.78 is 17.4. The van der Waals surface area contributed by atoms with E-state index >= 15 is 0 Å². The van der Waals surface area contributed by atoms with E-state index in [1.165, 1.54) is 0 Å². The van der Waals surface area contributed by atoms with E-state index in [0.717, 1.165) is 16.8 Å². The number of nitrogens with one attached hydrogen (secondary N) is 1. The van der Waals surface area contributed by atoms with Gasteiger partial charge in [-0.25, -0.2) is 4.79 Å². The number of fused-ring (bicyclic) bond motifs is 2. The number of benzene rings is 2. The summed E-state index contributed by atoms with van der Waals surface area (Å²) in [7, 11) is 1.57. The molecule has 4 rings (SSSR count). The van der Waals surface area contributed by atoms with Crippen LogP contribution in [-0.4, -0.2) is 32.1 Å². The lowest BCUT2D eigenvalue weighted by Crippen LogP contribution is -2.29. The molecule has 0 unspecified atom stereocenters. The first-order valence-corrected chi connectivity index (χ1v) is 11.3. The molecule has 0 amide bonds. The lowest BCUT2D eigenvalue weighted by Gasteiger charge is -2.29.